The van der Waals surface area contributed by atoms with Crippen LogP contribution < -0.4 is 5.32 Å². The van der Waals surface area contributed by atoms with Crippen LogP contribution in [-0.4, -0.2) is 7.05 Å². The minimum absolute atomic E-state index is 1.12. The molecule has 0 aromatic heterocycles. The zero-order valence-corrected chi connectivity index (χ0v) is 8.25. The van der Waals surface area contributed by atoms with Crippen molar-refractivity contribution in [1.29, 1.82) is 0 Å². The fourth-order valence-electron chi connectivity index (χ4n) is 1.73. The highest BCUT2D eigenvalue weighted by atomic mass is 14.8. The highest BCUT2D eigenvalue weighted by Gasteiger charge is 2.01. The molecule has 0 aliphatic heterocycles. The lowest BCUT2D eigenvalue weighted by Crippen LogP contribution is -1.91. The topological polar surface area (TPSA) is 12.0 Å². The maximum atomic E-state index is 3.85. The Morgan fingerprint density at radius 3 is 2.64 bits per heavy atom. The summed E-state index contributed by atoms with van der Waals surface area (Å²) in [6.07, 6.45) is 1.90. The van der Waals surface area contributed by atoms with Gasteiger partial charge in [0.1, 0.15) is 0 Å². The van der Waals surface area contributed by atoms with Crippen LogP contribution in [0.25, 0.3) is 16.8 Å². The monoisotopic (exact) mass is 183 g/mol. The van der Waals surface area contributed by atoms with Crippen molar-refractivity contribution in [2.24, 2.45) is 0 Å². The zero-order chi connectivity index (χ0) is 9.97. The fraction of sp³-hybridized carbons (Fsp3) is 0.0769. The van der Waals surface area contributed by atoms with E-state index < -0.39 is 0 Å². The van der Waals surface area contributed by atoms with Crippen LogP contribution in [0, 0.1) is 0 Å². The number of benzene rings is 2. The van der Waals surface area contributed by atoms with E-state index in [-0.39, 0.29) is 0 Å². The molecule has 1 N–H and O–H groups in total. The second kappa shape index (κ2) is 3.54. The maximum Gasteiger partial charge on any atom is 0.0417 e. The Morgan fingerprint density at radius 2 is 1.93 bits per heavy atom. The van der Waals surface area contributed by atoms with Crippen molar-refractivity contribution in [2.75, 3.05) is 12.4 Å². The average Bonchev–Trinajstić information content (AvgIpc) is 2.27. The standard InChI is InChI=1S/C13H13N/c1-3-11-12-7-5-4-6-10(12)8-9-13(11)14-2/h3-9,14H,1H2,2H3. The second-order valence-electron chi connectivity index (χ2n) is 3.20. The predicted molar refractivity (Wildman–Crippen MR) is 63.6 cm³/mol. The van der Waals surface area contributed by atoms with Crippen molar-refractivity contribution >= 4 is 22.5 Å². The third-order valence-electron chi connectivity index (χ3n) is 2.44. The van der Waals surface area contributed by atoms with Gasteiger partial charge in [-0.1, -0.05) is 43.0 Å². The van der Waals surface area contributed by atoms with E-state index in [2.05, 4.69) is 42.2 Å². The van der Waals surface area contributed by atoms with Crippen molar-refractivity contribution in [2.45, 2.75) is 0 Å². The SMILES string of the molecule is C=Cc1c(NC)ccc2ccccc12. The molecule has 0 spiro atoms. The van der Waals surface area contributed by atoms with Crippen molar-refractivity contribution in [3.05, 3.63) is 48.5 Å². The van der Waals surface area contributed by atoms with Crippen LogP contribution in [-0.2, 0) is 0 Å². The lowest BCUT2D eigenvalue weighted by Gasteiger charge is -2.08. The molecule has 14 heavy (non-hydrogen) atoms. The molecule has 0 aliphatic carbocycles. The molecule has 0 aliphatic rings. The van der Waals surface area contributed by atoms with Gasteiger partial charge in [-0.15, -0.1) is 0 Å². The molecule has 70 valence electrons. The minimum Gasteiger partial charge on any atom is -0.388 e. The number of rotatable bonds is 2. The first-order chi connectivity index (χ1) is 6.86. The first-order valence-corrected chi connectivity index (χ1v) is 4.68. The summed E-state index contributed by atoms with van der Waals surface area (Å²) >= 11 is 0. The van der Waals surface area contributed by atoms with Crippen molar-refractivity contribution in [1.82, 2.24) is 0 Å². The lowest BCUT2D eigenvalue weighted by molar-refractivity contribution is 1.52. The molecule has 1 nitrogen and oxygen atoms in total. The van der Waals surface area contributed by atoms with E-state index >= 15 is 0 Å². The average molecular weight is 183 g/mol. The van der Waals surface area contributed by atoms with E-state index in [0.717, 1.165) is 5.69 Å². The molecule has 0 radical (unpaired) electrons. The molecule has 2 aromatic rings. The summed E-state index contributed by atoms with van der Waals surface area (Å²) in [4.78, 5) is 0. The molecule has 0 heterocycles. The van der Waals surface area contributed by atoms with E-state index in [9.17, 15) is 0 Å². The summed E-state index contributed by atoms with van der Waals surface area (Å²) in [5.41, 5.74) is 2.30. The van der Waals surface area contributed by atoms with Gasteiger partial charge in [-0.25, -0.2) is 0 Å². The summed E-state index contributed by atoms with van der Waals surface area (Å²) in [6, 6.07) is 12.5. The van der Waals surface area contributed by atoms with Crippen LogP contribution in [0.3, 0.4) is 0 Å². The van der Waals surface area contributed by atoms with Crippen LogP contribution in [0.15, 0.2) is 43.0 Å². The van der Waals surface area contributed by atoms with Crippen LogP contribution in [0.4, 0.5) is 5.69 Å². The highest BCUT2D eigenvalue weighted by molar-refractivity contribution is 5.95. The number of anilines is 1. The minimum atomic E-state index is 1.12. The summed E-state index contributed by atoms with van der Waals surface area (Å²) in [5, 5.41) is 5.66. The molecule has 2 aromatic carbocycles. The van der Waals surface area contributed by atoms with Gasteiger partial charge in [0.25, 0.3) is 0 Å². The van der Waals surface area contributed by atoms with Gasteiger partial charge < -0.3 is 5.32 Å². The van der Waals surface area contributed by atoms with Gasteiger partial charge in [0.2, 0.25) is 0 Å². The largest absolute Gasteiger partial charge is 0.388 e. The Hall–Kier alpha value is -1.76. The smallest absolute Gasteiger partial charge is 0.0417 e. The van der Waals surface area contributed by atoms with Gasteiger partial charge in [-0.05, 0) is 16.8 Å². The summed E-state index contributed by atoms with van der Waals surface area (Å²) in [6.45, 7) is 3.85. The Bertz CT molecular complexity index is 472. The molecule has 2 rings (SSSR count). The van der Waals surface area contributed by atoms with Gasteiger partial charge in [0, 0.05) is 18.3 Å². The summed E-state index contributed by atoms with van der Waals surface area (Å²) < 4.78 is 0. The third-order valence-corrected chi connectivity index (χ3v) is 2.44. The van der Waals surface area contributed by atoms with Crippen LogP contribution in [0.1, 0.15) is 5.56 Å². The Balaban J connectivity index is 2.83. The summed E-state index contributed by atoms with van der Waals surface area (Å²) in [5.74, 6) is 0. The van der Waals surface area contributed by atoms with Gasteiger partial charge in [0.15, 0.2) is 0 Å². The molecular weight excluding hydrogens is 170 g/mol. The highest BCUT2D eigenvalue weighted by Crippen LogP contribution is 2.26. The first kappa shape index (κ1) is 8.82. The Kier molecular flexibility index (Phi) is 2.23. The van der Waals surface area contributed by atoms with Crippen molar-refractivity contribution < 1.29 is 0 Å². The van der Waals surface area contributed by atoms with Crippen LogP contribution in [0.2, 0.25) is 0 Å². The Labute approximate surface area is 84.1 Å². The molecular formula is C13H13N. The molecule has 0 fully saturated rings. The molecule has 0 bridgehead atoms. The second-order valence-corrected chi connectivity index (χ2v) is 3.20. The molecule has 0 amide bonds. The van der Waals surface area contributed by atoms with E-state index in [0.29, 0.717) is 0 Å². The quantitative estimate of drug-likeness (QED) is 0.751. The lowest BCUT2D eigenvalue weighted by atomic mass is 10.0. The number of hydrogen-bond acceptors (Lipinski definition) is 1. The van der Waals surface area contributed by atoms with E-state index in [1.807, 2.05) is 19.2 Å². The first-order valence-electron chi connectivity index (χ1n) is 4.68. The van der Waals surface area contributed by atoms with Crippen molar-refractivity contribution in [3.8, 4) is 0 Å². The summed E-state index contributed by atoms with van der Waals surface area (Å²) in [7, 11) is 1.93. The van der Waals surface area contributed by atoms with Gasteiger partial charge in [0.05, 0.1) is 0 Å². The van der Waals surface area contributed by atoms with E-state index in [1.54, 1.807) is 0 Å². The Morgan fingerprint density at radius 1 is 1.14 bits per heavy atom. The molecule has 1 heteroatoms. The third kappa shape index (κ3) is 1.27. The molecule has 0 saturated carbocycles. The molecule has 0 atom stereocenters. The molecule has 0 unspecified atom stereocenters. The van der Waals surface area contributed by atoms with Crippen LogP contribution in [0.5, 0.6) is 0 Å². The molecule has 0 saturated heterocycles. The van der Waals surface area contributed by atoms with Gasteiger partial charge in [-0.2, -0.15) is 0 Å². The number of fused-ring (bicyclic) bond motifs is 1. The van der Waals surface area contributed by atoms with E-state index in [1.165, 1.54) is 16.3 Å². The maximum absolute atomic E-state index is 3.85. The van der Waals surface area contributed by atoms with Crippen molar-refractivity contribution in [3.63, 3.8) is 0 Å². The normalized spacial score (nSPS) is 10.1. The predicted octanol–water partition coefficient (Wildman–Crippen LogP) is 3.52. The number of nitrogens with one attached hydrogen (secondary N) is 1. The van der Waals surface area contributed by atoms with Gasteiger partial charge >= 0.3 is 0 Å². The van der Waals surface area contributed by atoms with Gasteiger partial charge in [-0.3, -0.25) is 0 Å². The zero-order valence-electron chi connectivity index (χ0n) is 8.25. The number of hydrogen-bond donors (Lipinski definition) is 1. The fourth-order valence-corrected chi connectivity index (χ4v) is 1.73. The van der Waals surface area contributed by atoms with E-state index in [4.69, 9.17) is 0 Å². The van der Waals surface area contributed by atoms with Crippen LogP contribution >= 0.6 is 0 Å².